The zero-order valence-corrected chi connectivity index (χ0v) is 10.9. The summed E-state index contributed by atoms with van der Waals surface area (Å²) >= 11 is 3.29. The summed E-state index contributed by atoms with van der Waals surface area (Å²) in [4.78, 5) is 23.1. The number of Topliss-reactive ketones (excluding diaryl/α,β-unsaturated/α-hetero) is 1. The van der Waals surface area contributed by atoms with Crippen LogP contribution in [0.3, 0.4) is 0 Å². The van der Waals surface area contributed by atoms with E-state index in [4.69, 9.17) is 0 Å². The Labute approximate surface area is 103 Å². The molecule has 1 atom stereocenters. The van der Waals surface area contributed by atoms with Gasteiger partial charge in [-0.25, -0.2) is 0 Å². The number of halogens is 1. The Balaban J connectivity index is 2.69. The summed E-state index contributed by atoms with van der Waals surface area (Å²) in [6.07, 6.45) is 0.430. The van der Waals surface area contributed by atoms with Crippen LogP contribution in [0.5, 0.6) is 0 Å². The molecule has 0 saturated heterocycles. The third kappa shape index (κ3) is 3.45. The lowest BCUT2D eigenvalue weighted by molar-refractivity contribution is -0.120. The van der Waals surface area contributed by atoms with Crippen LogP contribution < -0.4 is 5.32 Å². The van der Waals surface area contributed by atoms with Crippen molar-refractivity contribution in [3.8, 4) is 0 Å². The normalized spacial score (nSPS) is 11.9. The number of carbonyl (C=O) groups excluding carboxylic acids is 2. The van der Waals surface area contributed by atoms with Gasteiger partial charge in [0.2, 0.25) is 0 Å². The minimum Gasteiger partial charge on any atom is -0.343 e. The molecule has 1 unspecified atom stereocenters. The molecule has 86 valence electrons. The second kappa shape index (κ2) is 5.80. The summed E-state index contributed by atoms with van der Waals surface area (Å²) in [5.74, 6) is -0.195. The highest BCUT2D eigenvalue weighted by Gasteiger charge is 2.14. The number of nitrogens with one attached hydrogen (secondary N) is 1. The number of benzene rings is 1. The largest absolute Gasteiger partial charge is 0.343 e. The maximum Gasteiger partial charge on any atom is 0.251 e. The predicted molar refractivity (Wildman–Crippen MR) is 66.4 cm³/mol. The van der Waals surface area contributed by atoms with E-state index in [9.17, 15) is 9.59 Å². The van der Waals surface area contributed by atoms with Crippen LogP contribution in [0.1, 0.15) is 30.6 Å². The zero-order chi connectivity index (χ0) is 12.1. The summed E-state index contributed by atoms with van der Waals surface area (Å²) in [5.41, 5.74) is 0.546. The Kier molecular flexibility index (Phi) is 4.68. The molecule has 1 rings (SSSR count). The Bertz CT molecular complexity index is 404. The van der Waals surface area contributed by atoms with Gasteiger partial charge in [-0.15, -0.1) is 0 Å². The first-order valence-electron chi connectivity index (χ1n) is 5.13. The molecule has 0 fully saturated rings. The lowest BCUT2D eigenvalue weighted by Gasteiger charge is -2.11. The third-order valence-corrected chi connectivity index (χ3v) is 2.76. The van der Waals surface area contributed by atoms with E-state index in [1.54, 1.807) is 32.0 Å². The molecule has 0 aromatic heterocycles. The first-order valence-corrected chi connectivity index (χ1v) is 5.93. The molecule has 1 aromatic carbocycles. The van der Waals surface area contributed by atoms with Gasteiger partial charge in [-0.05, 0) is 25.1 Å². The smallest absolute Gasteiger partial charge is 0.251 e. The molecular weight excluding hydrogens is 270 g/mol. The highest BCUT2D eigenvalue weighted by atomic mass is 79.9. The first kappa shape index (κ1) is 12.9. The fourth-order valence-corrected chi connectivity index (χ4v) is 1.70. The highest BCUT2D eigenvalue weighted by Crippen LogP contribution is 2.11. The molecule has 1 aromatic rings. The molecule has 0 aliphatic carbocycles. The average molecular weight is 284 g/mol. The van der Waals surface area contributed by atoms with E-state index in [0.29, 0.717) is 12.0 Å². The SMILES string of the molecule is CCC(=O)C(C)NC(=O)c1cccc(Br)c1. The van der Waals surface area contributed by atoms with Crippen molar-refractivity contribution in [3.63, 3.8) is 0 Å². The van der Waals surface area contributed by atoms with Crippen molar-refractivity contribution in [2.75, 3.05) is 0 Å². The number of rotatable bonds is 4. The Morgan fingerprint density at radius 2 is 2.12 bits per heavy atom. The molecule has 0 bridgehead atoms. The minimum atomic E-state index is -0.434. The van der Waals surface area contributed by atoms with Gasteiger partial charge in [0, 0.05) is 16.5 Å². The van der Waals surface area contributed by atoms with Crippen molar-refractivity contribution in [2.45, 2.75) is 26.3 Å². The second-order valence-electron chi connectivity index (χ2n) is 3.53. The van der Waals surface area contributed by atoms with Crippen LogP contribution >= 0.6 is 15.9 Å². The molecule has 0 radical (unpaired) electrons. The van der Waals surface area contributed by atoms with Gasteiger partial charge in [0.25, 0.3) is 5.91 Å². The van der Waals surface area contributed by atoms with Gasteiger partial charge >= 0.3 is 0 Å². The van der Waals surface area contributed by atoms with Crippen molar-refractivity contribution in [1.82, 2.24) is 5.32 Å². The quantitative estimate of drug-likeness (QED) is 0.923. The molecule has 0 spiro atoms. The fourth-order valence-electron chi connectivity index (χ4n) is 1.30. The van der Waals surface area contributed by atoms with Crippen molar-refractivity contribution in [2.24, 2.45) is 0 Å². The lowest BCUT2D eigenvalue weighted by Crippen LogP contribution is -2.38. The van der Waals surface area contributed by atoms with Gasteiger partial charge in [0.1, 0.15) is 0 Å². The van der Waals surface area contributed by atoms with Crippen LogP contribution in [-0.4, -0.2) is 17.7 Å². The van der Waals surface area contributed by atoms with Crippen LogP contribution in [0.2, 0.25) is 0 Å². The number of hydrogen-bond donors (Lipinski definition) is 1. The standard InChI is InChI=1S/C12H14BrNO2/c1-3-11(15)8(2)14-12(16)9-5-4-6-10(13)7-9/h4-8H,3H2,1-2H3,(H,14,16). The lowest BCUT2D eigenvalue weighted by atomic mass is 10.1. The van der Waals surface area contributed by atoms with Crippen LogP contribution in [0.25, 0.3) is 0 Å². The maximum absolute atomic E-state index is 11.7. The number of carbonyl (C=O) groups is 2. The molecule has 0 aliphatic heterocycles. The molecule has 4 heteroatoms. The van der Waals surface area contributed by atoms with E-state index in [0.717, 1.165) is 4.47 Å². The maximum atomic E-state index is 11.7. The van der Waals surface area contributed by atoms with E-state index in [2.05, 4.69) is 21.2 Å². The molecule has 16 heavy (non-hydrogen) atoms. The van der Waals surface area contributed by atoms with Crippen molar-refractivity contribution in [1.29, 1.82) is 0 Å². The van der Waals surface area contributed by atoms with E-state index in [-0.39, 0.29) is 11.7 Å². The van der Waals surface area contributed by atoms with E-state index in [1.807, 2.05) is 6.07 Å². The Morgan fingerprint density at radius 3 is 2.69 bits per heavy atom. The van der Waals surface area contributed by atoms with E-state index in [1.165, 1.54) is 0 Å². The summed E-state index contributed by atoms with van der Waals surface area (Å²) in [6.45, 7) is 3.48. The van der Waals surface area contributed by atoms with E-state index >= 15 is 0 Å². The highest BCUT2D eigenvalue weighted by molar-refractivity contribution is 9.10. The Morgan fingerprint density at radius 1 is 1.44 bits per heavy atom. The third-order valence-electron chi connectivity index (χ3n) is 2.27. The molecule has 0 heterocycles. The second-order valence-corrected chi connectivity index (χ2v) is 4.44. The molecule has 0 saturated carbocycles. The van der Waals surface area contributed by atoms with Crippen molar-refractivity contribution in [3.05, 3.63) is 34.3 Å². The molecule has 3 nitrogen and oxygen atoms in total. The van der Waals surface area contributed by atoms with Crippen LogP contribution in [-0.2, 0) is 4.79 Å². The topological polar surface area (TPSA) is 46.2 Å². The first-order chi connectivity index (χ1) is 7.54. The molecule has 0 aliphatic rings. The fraction of sp³-hybridized carbons (Fsp3) is 0.333. The monoisotopic (exact) mass is 283 g/mol. The van der Waals surface area contributed by atoms with Gasteiger partial charge in [-0.2, -0.15) is 0 Å². The summed E-state index contributed by atoms with van der Waals surface area (Å²) in [6, 6.07) is 6.63. The van der Waals surface area contributed by atoms with Crippen LogP contribution in [0.15, 0.2) is 28.7 Å². The summed E-state index contributed by atoms with van der Waals surface area (Å²) in [5, 5.41) is 2.66. The van der Waals surface area contributed by atoms with Crippen molar-refractivity contribution >= 4 is 27.6 Å². The summed E-state index contributed by atoms with van der Waals surface area (Å²) in [7, 11) is 0. The molecular formula is C12H14BrNO2. The predicted octanol–water partition coefficient (Wildman–Crippen LogP) is 2.55. The van der Waals surface area contributed by atoms with Crippen molar-refractivity contribution < 1.29 is 9.59 Å². The van der Waals surface area contributed by atoms with Crippen LogP contribution in [0, 0.1) is 0 Å². The molecule has 1 N–H and O–H groups in total. The Hall–Kier alpha value is -1.16. The number of amides is 1. The van der Waals surface area contributed by atoms with Gasteiger partial charge in [0.05, 0.1) is 6.04 Å². The van der Waals surface area contributed by atoms with Crippen LogP contribution in [0.4, 0.5) is 0 Å². The average Bonchev–Trinajstić information content (AvgIpc) is 2.27. The van der Waals surface area contributed by atoms with Gasteiger partial charge in [-0.1, -0.05) is 28.9 Å². The summed E-state index contributed by atoms with van der Waals surface area (Å²) < 4.78 is 0.842. The zero-order valence-electron chi connectivity index (χ0n) is 9.29. The van der Waals surface area contributed by atoms with Gasteiger partial charge in [-0.3, -0.25) is 9.59 Å². The van der Waals surface area contributed by atoms with Gasteiger partial charge in [0.15, 0.2) is 5.78 Å². The minimum absolute atomic E-state index is 0.0309. The van der Waals surface area contributed by atoms with E-state index < -0.39 is 6.04 Å². The van der Waals surface area contributed by atoms with Gasteiger partial charge < -0.3 is 5.32 Å². The number of ketones is 1. The molecule has 1 amide bonds. The number of hydrogen-bond acceptors (Lipinski definition) is 2.